The molecule has 1 aromatic heterocycles. The van der Waals surface area contributed by atoms with E-state index in [1.807, 2.05) is 25.2 Å². The van der Waals surface area contributed by atoms with Crippen molar-refractivity contribution in [1.29, 1.82) is 0 Å². The number of benzene rings is 1. The van der Waals surface area contributed by atoms with Gasteiger partial charge in [-0.05, 0) is 65.3 Å². The molecule has 0 saturated heterocycles. The molecule has 0 aliphatic rings. The smallest absolute Gasteiger partial charge is 0.169 e. The molecule has 0 spiro atoms. The Bertz CT molecular complexity index is 522. The summed E-state index contributed by atoms with van der Waals surface area (Å²) in [5.74, 6) is 0.903. The van der Waals surface area contributed by atoms with E-state index in [-0.39, 0.29) is 6.04 Å². The Morgan fingerprint density at radius 1 is 1.18 bits per heavy atom. The second-order valence-electron chi connectivity index (χ2n) is 3.86. The Kier molecular flexibility index (Phi) is 4.07. The number of hydrogen-bond donors (Lipinski definition) is 1. The van der Waals surface area contributed by atoms with Crippen molar-refractivity contribution in [3.8, 4) is 0 Å². The van der Waals surface area contributed by atoms with E-state index in [4.69, 9.17) is 4.42 Å². The fourth-order valence-corrected chi connectivity index (χ4v) is 2.55. The fraction of sp³-hybridized carbons (Fsp3) is 0.231. The van der Waals surface area contributed by atoms with Crippen LogP contribution in [0, 0.1) is 6.92 Å². The summed E-state index contributed by atoms with van der Waals surface area (Å²) in [5.41, 5.74) is 2.45. The minimum absolute atomic E-state index is 0.0683. The number of nitrogens with one attached hydrogen (secondary N) is 1. The molecule has 4 heteroatoms. The van der Waals surface area contributed by atoms with Crippen molar-refractivity contribution in [3.63, 3.8) is 0 Å². The van der Waals surface area contributed by atoms with E-state index < -0.39 is 0 Å². The SMILES string of the molecule is CNC(c1ccc(Br)o1)c1cc(Br)ccc1C. The number of furan rings is 1. The van der Waals surface area contributed by atoms with Gasteiger partial charge in [-0.2, -0.15) is 0 Å². The Balaban J connectivity index is 2.45. The van der Waals surface area contributed by atoms with Crippen molar-refractivity contribution in [2.24, 2.45) is 0 Å². The summed E-state index contributed by atoms with van der Waals surface area (Å²) in [5, 5.41) is 3.28. The highest BCUT2D eigenvalue weighted by Gasteiger charge is 2.17. The molecule has 0 aliphatic carbocycles. The quantitative estimate of drug-likeness (QED) is 0.878. The summed E-state index contributed by atoms with van der Waals surface area (Å²) in [6.45, 7) is 2.10. The molecule has 0 bridgehead atoms. The van der Waals surface area contributed by atoms with Crippen LogP contribution in [0.4, 0.5) is 0 Å². The fourth-order valence-electron chi connectivity index (χ4n) is 1.86. The van der Waals surface area contributed by atoms with Crippen LogP contribution in [0.2, 0.25) is 0 Å². The van der Waals surface area contributed by atoms with Crippen LogP contribution >= 0.6 is 31.9 Å². The average molecular weight is 359 g/mol. The standard InChI is InChI=1S/C13H13Br2NO/c1-8-3-4-9(14)7-10(8)13(16-2)11-5-6-12(15)17-11/h3-7,13,16H,1-2H3. The van der Waals surface area contributed by atoms with Crippen LogP contribution in [0.15, 0.2) is 43.9 Å². The Labute approximate surface area is 118 Å². The highest BCUT2D eigenvalue weighted by Crippen LogP contribution is 2.29. The monoisotopic (exact) mass is 357 g/mol. The van der Waals surface area contributed by atoms with Crippen LogP contribution in [0.5, 0.6) is 0 Å². The Morgan fingerprint density at radius 3 is 2.53 bits per heavy atom. The van der Waals surface area contributed by atoms with Crippen LogP contribution < -0.4 is 5.32 Å². The highest BCUT2D eigenvalue weighted by molar-refractivity contribution is 9.10. The minimum atomic E-state index is 0.0683. The van der Waals surface area contributed by atoms with E-state index >= 15 is 0 Å². The second-order valence-corrected chi connectivity index (χ2v) is 5.56. The molecule has 0 aliphatic heterocycles. The van der Waals surface area contributed by atoms with Crippen LogP contribution in [-0.4, -0.2) is 7.05 Å². The number of aryl methyl sites for hydroxylation is 1. The first-order valence-corrected chi connectivity index (χ1v) is 6.89. The molecular weight excluding hydrogens is 346 g/mol. The molecule has 0 amide bonds. The van der Waals surface area contributed by atoms with Gasteiger partial charge in [0, 0.05) is 4.47 Å². The number of hydrogen-bond acceptors (Lipinski definition) is 2. The lowest BCUT2D eigenvalue weighted by Crippen LogP contribution is -2.18. The van der Waals surface area contributed by atoms with Crippen molar-refractivity contribution in [3.05, 3.63) is 56.4 Å². The van der Waals surface area contributed by atoms with Crippen LogP contribution in [-0.2, 0) is 0 Å². The van der Waals surface area contributed by atoms with E-state index in [0.29, 0.717) is 0 Å². The third-order valence-electron chi connectivity index (χ3n) is 2.72. The average Bonchev–Trinajstić information content (AvgIpc) is 2.71. The maximum Gasteiger partial charge on any atom is 0.169 e. The molecule has 0 fully saturated rings. The predicted octanol–water partition coefficient (Wildman–Crippen LogP) is 4.42. The summed E-state index contributed by atoms with van der Waals surface area (Å²) in [4.78, 5) is 0. The molecule has 2 nitrogen and oxygen atoms in total. The molecule has 1 N–H and O–H groups in total. The van der Waals surface area contributed by atoms with Gasteiger partial charge in [0.05, 0.1) is 6.04 Å². The van der Waals surface area contributed by atoms with E-state index in [1.165, 1.54) is 11.1 Å². The molecule has 17 heavy (non-hydrogen) atoms. The summed E-state index contributed by atoms with van der Waals surface area (Å²) < 4.78 is 7.45. The van der Waals surface area contributed by atoms with E-state index in [2.05, 4.69) is 56.2 Å². The molecule has 1 aromatic carbocycles. The zero-order chi connectivity index (χ0) is 12.4. The lowest BCUT2D eigenvalue weighted by atomic mass is 10.00. The normalized spacial score (nSPS) is 12.7. The third kappa shape index (κ3) is 2.81. The van der Waals surface area contributed by atoms with Crippen LogP contribution in [0.3, 0.4) is 0 Å². The van der Waals surface area contributed by atoms with Gasteiger partial charge in [0.25, 0.3) is 0 Å². The Morgan fingerprint density at radius 2 is 1.94 bits per heavy atom. The minimum Gasteiger partial charge on any atom is -0.452 e. The lowest BCUT2D eigenvalue weighted by molar-refractivity contribution is 0.446. The van der Waals surface area contributed by atoms with E-state index in [0.717, 1.165) is 14.9 Å². The van der Waals surface area contributed by atoms with Crippen molar-refractivity contribution >= 4 is 31.9 Å². The first-order valence-electron chi connectivity index (χ1n) is 5.30. The molecular formula is C13H13Br2NO. The van der Waals surface area contributed by atoms with Gasteiger partial charge in [-0.15, -0.1) is 0 Å². The molecule has 2 rings (SSSR count). The maximum atomic E-state index is 5.62. The van der Waals surface area contributed by atoms with Gasteiger partial charge in [-0.3, -0.25) is 0 Å². The summed E-state index contributed by atoms with van der Waals surface area (Å²) in [7, 11) is 1.93. The lowest BCUT2D eigenvalue weighted by Gasteiger charge is -2.17. The topological polar surface area (TPSA) is 25.2 Å². The zero-order valence-corrected chi connectivity index (χ0v) is 12.8. The van der Waals surface area contributed by atoms with Gasteiger partial charge in [-0.25, -0.2) is 0 Å². The molecule has 2 aromatic rings. The molecule has 90 valence electrons. The molecule has 0 saturated carbocycles. The molecule has 1 unspecified atom stereocenters. The Hall–Kier alpha value is -0.580. The van der Waals surface area contributed by atoms with Gasteiger partial charge in [0.15, 0.2) is 4.67 Å². The number of rotatable bonds is 3. The summed E-state index contributed by atoms with van der Waals surface area (Å²) in [6.07, 6.45) is 0. The van der Waals surface area contributed by atoms with Gasteiger partial charge in [-0.1, -0.05) is 22.0 Å². The van der Waals surface area contributed by atoms with Crippen molar-refractivity contribution in [1.82, 2.24) is 5.32 Å². The summed E-state index contributed by atoms with van der Waals surface area (Å²) in [6, 6.07) is 10.2. The summed E-state index contributed by atoms with van der Waals surface area (Å²) >= 11 is 6.84. The first kappa shape index (κ1) is 12.9. The van der Waals surface area contributed by atoms with Gasteiger partial charge in [0.2, 0.25) is 0 Å². The van der Waals surface area contributed by atoms with Crippen LogP contribution in [0.25, 0.3) is 0 Å². The van der Waals surface area contributed by atoms with Crippen LogP contribution in [0.1, 0.15) is 22.9 Å². The highest BCUT2D eigenvalue weighted by atomic mass is 79.9. The van der Waals surface area contributed by atoms with Gasteiger partial charge in [0.1, 0.15) is 5.76 Å². The first-order chi connectivity index (χ1) is 8.11. The zero-order valence-electron chi connectivity index (χ0n) is 9.63. The predicted molar refractivity (Wildman–Crippen MR) is 76.2 cm³/mol. The largest absolute Gasteiger partial charge is 0.452 e. The van der Waals surface area contributed by atoms with Crippen molar-refractivity contribution in [2.45, 2.75) is 13.0 Å². The molecule has 1 heterocycles. The van der Waals surface area contributed by atoms with Gasteiger partial charge < -0.3 is 9.73 Å². The third-order valence-corrected chi connectivity index (χ3v) is 3.64. The van der Waals surface area contributed by atoms with E-state index in [1.54, 1.807) is 0 Å². The number of halogens is 2. The second kappa shape index (κ2) is 5.38. The molecule has 0 radical (unpaired) electrons. The maximum absolute atomic E-state index is 5.62. The molecule has 1 atom stereocenters. The van der Waals surface area contributed by atoms with Gasteiger partial charge >= 0.3 is 0 Å². The van der Waals surface area contributed by atoms with Crippen molar-refractivity contribution < 1.29 is 4.42 Å². The van der Waals surface area contributed by atoms with E-state index in [9.17, 15) is 0 Å². The van der Waals surface area contributed by atoms with Crippen molar-refractivity contribution in [2.75, 3.05) is 7.05 Å².